The molecule has 5 unspecified atom stereocenters. The molecule has 2 saturated carbocycles. The highest BCUT2D eigenvalue weighted by Crippen LogP contribution is 2.65. The summed E-state index contributed by atoms with van der Waals surface area (Å²) in [5.74, 6) is 2.36. The number of fused-ring (bicyclic) bond motifs is 5. The van der Waals surface area contributed by atoms with Gasteiger partial charge < -0.3 is 0 Å². The second kappa shape index (κ2) is 9.50. The molecule has 0 N–H and O–H groups in total. The molecular weight excluding hydrogens is 348 g/mol. The van der Waals surface area contributed by atoms with Gasteiger partial charge in [-0.1, -0.05) is 88.0 Å². The van der Waals surface area contributed by atoms with Gasteiger partial charge in [0.25, 0.3) is 0 Å². The highest BCUT2D eigenvalue weighted by atomic mass is 14.6. The van der Waals surface area contributed by atoms with Gasteiger partial charge in [-0.2, -0.15) is 0 Å². The maximum atomic E-state index is 4.43. The van der Waals surface area contributed by atoms with Crippen LogP contribution in [-0.4, -0.2) is 0 Å². The lowest BCUT2D eigenvalue weighted by molar-refractivity contribution is 0.104. The molecule has 0 aromatic heterocycles. The Kier molecular flexibility index (Phi) is 7.77. The summed E-state index contributed by atoms with van der Waals surface area (Å²) in [6, 6.07) is 0. The van der Waals surface area contributed by atoms with Crippen LogP contribution in [0.25, 0.3) is 0 Å². The molecule has 0 bridgehead atoms. The molecular formula is C29H44. The van der Waals surface area contributed by atoms with Crippen molar-refractivity contribution in [1.29, 1.82) is 0 Å². The molecule has 0 nitrogen and oxygen atoms in total. The van der Waals surface area contributed by atoms with Crippen LogP contribution in [0.2, 0.25) is 0 Å². The Balaban J connectivity index is 0.000000551. The van der Waals surface area contributed by atoms with Crippen molar-refractivity contribution in [3.05, 3.63) is 72.4 Å². The molecule has 0 saturated heterocycles. The molecule has 4 aliphatic rings. The lowest BCUT2D eigenvalue weighted by Gasteiger charge is -2.52. The van der Waals surface area contributed by atoms with E-state index in [9.17, 15) is 0 Å². The second-order valence-corrected chi connectivity index (χ2v) is 9.45. The first kappa shape index (κ1) is 23.7. The van der Waals surface area contributed by atoms with Crippen LogP contribution in [0.5, 0.6) is 0 Å². The summed E-state index contributed by atoms with van der Waals surface area (Å²) in [7, 11) is 0. The molecule has 29 heavy (non-hydrogen) atoms. The van der Waals surface area contributed by atoms with Gasteiger partial charge in [0.05, 0.1) is 0 Å². The lowest BCUT2D eigenvalue weighted by Crippen LogP contribution is -2.43. The summed E-state index contributed by atoms with van der Waals surface area (Å²) in [6.45, 7) is 25.1. The maximum absolute atomic E-state index is 4.43. The smallest absolute Gasteiger partial charge is 0.0281 e. The third-order valence-corrected chi connectivity index (χ3v) is 7.99. The molecule has 0 spiro atoms. The number of hydrogen-bond acceptors (Lipinski definition) is 0. The first-order chi connectivity index (χ1) is 13.8. The average Bonchev–Trinajstić information content (AvgIpc) is 3.07. The van der Waals surface area contributed by atoms with Crippen molar-refractivity contribution in [2.24, 2.45) is 28.6 Å². The highest BCUT2D eigenvalue weighted by Gasteiger charge is 2.55. The van der Waals surface area contributed by atoms with E-state index >= 15 is 0 Å². The van der Waals surface area contributed by atoms with Gasteiger partial charge in [-0.15, -0.1) is 6.58 Å². The molecule has 4 aliphatic carbocycles. The van der Waals surface area contributed by atoms with E-state index in [4.69, 9.17) is 0 Å². The zero-order chi connectivity index (χ0) is 21.8. The van der Waals surface area contributed by atoms with Crippen molar-refractivity contribution in [1.82, 2.24) is 0 Å². The Labute approximate surface area is 181 Å². The Morgan fingerprint density at radius 2 is 1.86 bits per heavy atom. The van der Waals surface area contributed by atoms with Gasteiger partial charge in [0, 0.05) is 5.41 Å². The minimum Gasteiger partial charge on any atom is -0.103 e. The fourth-order valence-electron chi connectivity index (χ4n) is 6.51. The van der Waals surface area contributed by atoms with Crippen LogP contribution >= 0.6 is 0 Å². The summed E-state index contributed by atoms with van der Waals surface area (Å²) in [6.07, 6.45) is 19.1. The first-order valence-corrected chi connectivity index (χ1v) is 11.9. The van der Waals surface area contributed by atoms with Crippen molar-refractivity contribution in [2.75, 3.05) is 0 Å². The summed E-state index contributed by atoms with van der Waals surface area (Å²) in [5.41, 5.74) is 6.57. The van der Waals surface area contributed by atoms with Crippen LogP contribution in [0, 0.1) is 28.6 Å². The van der Waals surface area contributed by atoms with Gasteiger partial charge in [0.2, 0.25) is 0 Å². The zero-order valence-electron chi connectivity index (χ0n) is 20.0. The van der Waals surface area contributed by atoms with Crippen molar-refractivity contribution >= 4 is 0 Å². The predicted molar refractivity (Wildman–Crippen MR) is 131 cm³/mol. The van der Waals surface area contributed by atoms with Crippen LogP contribution in [0.1, 0.15) is 80.1 Å². The molecule has 0 aromatic carbocycles. The lowest BCUT2D eigenvalue weighted by atomic mass is 9.52. The fourth-order valence-corrected chi connectivity index (χ4v) is 6.51. The summed E-state index contributed by atoms with van der Waals surface area (Å²) in [4.78, 5) is 0. The number of allylic oxidation sites excluding steroid dienone is 9. The molecule has 0 amide bonds. The average molecular weight is 393 g/mol. The predicted octanol–water partition coefficient (Wildman–Crippen LogP) is 9.00. The molecule has 0 heterocycles. The Bertz CT molecular complexity index is 727. The Hall–Kier alpha value is -1.56. The standard InChI is InChI=1S/C24H32.C3H6.C2H6/c1-6-17(3)20-9-10-21-19-8-7-18-15-16(2)11-13-23(18,4)22(19)12-14-24(20,21)5;1-3-2;1-2/h11-13,15,19-21H,2-3,6-10,14H2,1,4-5H3;3H,1H2,2H3;1-2H3. The largest absolute Gasteiger partial charge is 0.103 e. The number of rotatable bonds is 2. The fraction of sp³-hybridized carbons (Fsp3) is 0.586. The van der Waals surface area contributed by atoms with Gasteiger partial charge >= 0.3 is 0 Å². The second-order valence-electron chi connectivity index (χ2n) is 9.45. The monoisotopic (exact) mass is 392 g/mol. The van der Waals surface area contributed by atoms with E-state index in [1.807, 2.05) is 20.8 Å². The third kappa shape index (κ3) is 4.05. The summed E-state index contributed by atoms with van der Waals surface area (Å²) >= 11 is 0. The Morgan fingerprint density at radius 1 is 1.21 bits per heavy atom. The van der Waals surface area contributed by atoms with E-state index in [1.54, 1.807) is 17.2 Å². The minimum atomic E-state index is 0.158. The van der Waals surface area contributed by atoms with Crippen molar-refractivity contribution in [3.8, 4) is 0 Å². The molecule has 4 rings (SSSR count). The van der Waals surface area contributed by atoms with Gasteiger partial charge in [0.1, 0.15) is 0 Å². The van der Waals surface area contributed by atoms with Crippen LogP contribution in [0.4, 0.5) is 0 Å². The first-order valence-electron chi connectivity index (χ1n) is 11.9. The van der Waals surface area contributed by atoms with E-state index < -0.39 is 0 Å². The highest BCUT2D eigenvalue weighted by molar-refractivity contribution is 5.50. The van der Waals surface area contributed by atoms with Gasteiger partial charge in [0.15, 0.2) is 0 Å². The van der Waals surface area contributed by atoms with Gasteiger partial charge in [-0.3, -0.25) is 0 Å². The Morgan fingerprint density at radius 3 is 2.48 bits per heavy atom. The van der Waals surface area contributed by atoms with Crippen LogP contribution in [0.15, 0.2) is 72.4 Å². The number of hydrogen-bond donors (Lipinski definition) is 0. The third-order valence-electron chi connectivity index (χ3n) is 7.99. The van der Waals surface area contributed by atoms with Crippen molar-refractivity contribution < 1.29 is 0 Å². The topological polar surface area (TPSA) is 0 Å². The molecule has 0 heteroatoms. The van der Waals surface area contributed by atoms with E-state index in [1.165, 1.54) is 43.3 Å². The zero-order valence-corrected chi connectivity index (χ0v) is 20.0. The minimum absolute atomic E-state index is 0.158. The normalized spacial score (nSPS) is 36.6. The van der Waals surface area contributed by atoms with Crippen molar-refractivity contribution in [3.63, 3.8) is 0 Å². The molecule has 0 aromatic rings. The molecule has 0 aliphatic heterocycles. The van der Waals surface area contributed by atoms with Crippen LogP contribution < -0.4 is 0 Å². The van der Waals surface area contributed by atoms with Gasteiger partial charge in [-0.25, -0.2) is 0 Å². The SMILES string of the molecule is C=C1C=CC2(C)C(=C1)CCC1C2=CCC2(C)C(C(=C)CC)CCC12.C=CC.CC. The molecule has 5 atom stereocenters. The molecule has 2 fully saturated rings. The maximum Gasteiger partial charge on any atom is 0.0281 e. The molecule has 0 radical (unpaired) electrons. The van der Waals surface area contributed by atoms with Crippen LogP contribution in [-0.2, 0) is 0 Å². The summed E-state index contributed by atoms with van der Waals surface area (Å²) < 4.78 is 0. The van der Waals surface area contributed by atoms with E-state index in [2.05, 4.69) is 64.8 Å². The van der Waals surface area contributed by atoms with Crippen molar-refractivity contribution in [2.45, 2.75) is 80.1 Å². The molecule has 160 valence electrons. The summed E-state index contributed by atoms with van der Waals surface area (Å²) in [5, 5.41) is 0. The quantitative estimate of drug-likeness (QED) is 0.411. The van der Waals surface area contributed by atoms with E-state index in [-0.39, 0.29) is 5.41 Å². The van der Waals surface area contributed by atoms with E-state index in [0.717, 1.165) is 24.2 Å². The van der Waals surface area contributed by atoms with Crippen LogP contribution in [0.3, 0.4) is 0 Å². The van der Waals surface area contributed by atoms with Gasteiger partial charge in [-0.05, 0) is 81.1 Å². The van der Waals surface area contributed by atoms with E-state index in [0.29, 0.717) is 5.41 Å².